The van der Waals surface area contributed by atoms with Gasteiger partial charge in [0.2, 0.25) is 5.91 Å². The predicted molar refractivity (Wildman–Crippen MR) is 165 cm³/mol. The molecule has 2 N–H and O–H groups in total. The first kappa shape index (κ1) is 26.7. The molecule has 8 heteroatoms. The number of amides is 1. The number of carbonyl (C=O) groups excluding carboxylic acids is 1. The van der Waals surface area contributed by atoms with Gasteiger partial charge in [-0.05, 0) is 85.5 Å². The Labute approximate surface area is 243 Å². The van der Waals surface area contributed by atoms with Crippen LogP contribution in [0.4, 0.5) is 10.1 Å². The minimum atomic E-state index is -0.346. The minimum Gasteiger partial charge on any atom is -0.352 e. The second kappa shape index (κ2) is 11.1. The van der Waals surface area contributed by atoms with E-state index in [1.54, 1.807) is 18.3 Å². The van der Waals surface area contributed by atoms with E-state index in [1.165, 1.54) is 22.9 Å². The van der Waals surface area contributed by atoms with Gasteiger partial charge >= 0.3 is 0 Å². The monoisotopic (exact) mass is 563 g/mol. The molecule has 0 bridgehead atoms. The van der Waals surface area contributed by atoms with Crippen molar-refractivity contribution in [1.29, 1.82) is 0 Å². The van der Waals surface area contributed by atoms with Crippen LogP contribution >= 0.6 is 12.2 Å². The number of halogens is 1. The minimum absolute atomic E-state index is 0.166. The standard InChI is InChI=1S/C33H30FN5OS/c1-21-20-27(22(2)39(21)29-12-7-9-23-8-3-4-10-26(23)29)32-31(28-11-5-6-18-35-28)37-33(41)38(32)19-17-30(40)36-25-15-13-24(34)14-16-25/h3-16,18,20,31-32H,17,19H2,1-2H3,(H,36,40)(H,37,41)/t31-,32+/m0/s1. The highest BCUT2D eigenvalue weighted by molar-refractivity contribution is 7.80. The molecule has 1 fully saturated rings. The highest BCUT2D eigenvalue weighted by Crippen LogP contribution is 2.42. The molecule has 0 spiro atoms. The number of benzene rings is 3. The number of pyridine rings is 1. The van der Waals surface area contributed by atoms with Crippen molar-refractivity contribution < 1.29 is 9.18 Å². The molecular formula is C33H30FN5OS. The Balaban J connectivity index is 1.36. The van der Waals surface area contributed by atoms with E-state index in [-0.39, 0.29) is 30.2 Å². The lowest BCUT2D eigenvalue weighted by Gasteiger charge is -2.28. The molecule has 3 aromatic carbocycles. The summed E-state index contributed by atoms with van der Waals surface area (Å²) in [5, 5.41) is 9.28. The second-order valence-corrected chi connectivity index (χ2v) is 10.7. The zero-order valence-electron chi connectivity index (χ0n) is 22.8. The van der Waals surface area contributed by atoms with Crippen LogP contribution in [0, 0.1) is 19.7 Å². The smallest absolute Gasteiger partial charge is 0.226 e. The van der Waals surface area contributed by atoms with Crippen molar-refractivity contribution in [2.75, 3.05) is 11.9 Å². The van der Waals surface area contributed by atoms with Crippen LogP contribution in [0.15, 0.2) is 97.2 Å². The molecule has 1 amide bonds. The van der Waals surface area contributed by atoms with Crippen molar-refractivity contribution in [1.82, 2.24) is 19.8 Å². The summed E-state index contributed by atoms with van der Waals surface area (Å²) in [5.74, 6) is -0.512. The molecule has 1 aliphatic rings. The molecule has 0 saturated carbocycles. The van der Waals surface area contributed by atoms with Crippen LogP contribution in [0.2, 0.25) is 0 Å². The van der Waals surface area contributed by atoms with Crippen LogP contribution in [-0.2, 0) is 4.79 Å². The summed E-state index contributed by atoms with van der Waals surface area (Å²) in [6.45, 7) is 4.67. The van der Waals surface area contributed by atoms with E-state index in [1.807, 2.05) is 18.2 Å². The number of aryl methyl sites for hydroxylation is 1. The number of rotatable bonds is 7. The van der Waals surface area contributed by atoms with Crippen LogP contribution in [0.5, 0.6) is 0 Å². The summed E-state index contributed by atoms with van der Waals surface area (Å²) in [5.41, 5.74) is 5.90. The number of nitrogens with one attached hydrogen (secondary N) is 2. The molecule has 2 aromatic heterocycles. The number of carbonyl (C=O) groups is 1. The number of fused-ring (bicyclic) bond motifs is 1. The molecule has 206 valence electrons. The van der Waals surface area contributed by atoms with Gasteiger partial charge in [-0.2, -0.15) is 0 Å². The van der Waals surface area contributed by atoms with Gasteiger partial charge in [0.05, 0.1) is 23.5 Å². The largest absolute Gasteiger partial charge is 0.352 e. The number of nitrogens with zero attached hydrogens (tertiary/aromatic N) is 3. The van der Waals surface area contributed by atoms with E-state index < -0.39 is 0 Å². The van der Waals surface area contributed by atoms with Gasteiger partial charge in [0, 0.05) is 41.6 Å². The number of hydrogen-bond donors (Lipinski definition) is 2. The van der Waals surface area contributed by atoms with Crippen molar-refractivity contribution in [3.8, 4) is 5.69 Å². The Morgan fingerprint density at radius 1 is 1.00 bits per heavy atom. The Kier molecular flexibility index (Phi) is 7.24. The van der Waals surface area contributed by atoms with Gasteiger partial charge in [0.1, 0.15) is 5.82 Å². The van der Waals surface area contributed by atoms with E-state index >= 15 is 0 Å². The molecule has 0 unspecified atom stereocenters. The number of thiocarbonyl (C=S) groups is 1. The quantitative estimate of drug-likeness (QED) is 0.214. The number of aromatic nitrogens is 2. The van der Waals surface area contributed by atoms with Crippen LogP contribution in [0.25, 0.3) is 16.5 Å². The van der Waals surface area contributed by atoms with Gasteiger partial charge in [0.15, 0.2) is 5.11 Å². The lowest BCUT2D eigenvalue weighted by molar-refractivity contribution is -0.116. The van der Waals surface area contributed by atoms with Gasteiger partial charge in [-0.3, -0.25) is 9.78 Å². The fourth-order valence-corrected chi connectivity index (χ4v) is 6.16. The average molecular weight is 564 g/mol. The maximum Gasteiger partial charge on any atom is 0.226 e. The van der Waals surface area contributed by atoms with Crippen molar-refractivity contribution in [3.63, 3.8) is 0 Å². The van der Waals surface area contributed by atoms with Crippen molar-refractivity contribution in [2.45, 2.75) is 32.4 Å². The van der Waals surface area contributed by atoms with Gasteiger partial charge in [-0.15, -0.1) is 0 Å². The zero-order chi connectivity index (χ0) is 28.5. The number of hydrogen-bond acceptors (Lipinski definition) is 3. The molecule has 1 aliphatic heterocycles. The topological polar surface area (TPSA) is 62.2 Å². The molecule has 6 nitrogen and oxygen atoms in total. The summed E-state index contributed by atoms with van der Waals surface area (Å²) in [6, 6.07) is 28.3. The first-order valence-corrected chi connectivity index (χ1v) is 14.0. The molecule has 41 heavy (non-hydrogen) atoms. The van der Waals surface area contributed by atoms with Crippen molar-refractivity contribution in [3.05, 3.63) is 126 Å². The van der Waals surface area contributed by atoms with E-state index in [0.717, 1.165) is 28.3 Å². The predicted octanol–water partition coefficient (Wildman–Crippen LogP) is 6.78. The Morgan fingerprint density at radius 3 is 2.54 bits per heavy atom. The summed E-state index contributed by atoms with van der Waals surface area (Å²) < 4.78 is 15.6. The van der Waals surface area contributed by atoms with E-state index in [0.29, 0.717) is 17.3 Å². The average Bonchev–Trinajstić information content (AvgIpc) is 3.47. The van der Waals surface area contributed by atoms with Crippen LogP contribution < -0.4 is 10.6 Å². The third kappa shape index (κ3) is 5.18. The molecule has 5 aromatic rings. The fraction of sp³-hybridized carbons (Fsp3) is 0.182. The highest BCUT2D eigenvalue weighted by atomic mass is 32.1. The molecule has 0 aliphatic carbocycles. The summed E-state index contributed by atoms with van der Waals surface area (Å²) in [4.78, 5) is 19.6. The molecule has 1 saturated heterocycles. The first-order chi connectivity index (χ1) is 19.9. The lowest BCUT2D eigenvalue weighted by Crippen LogP contribution is -2.32. The van der Waals surface area contributed by atoms with E-state index in [4.69, 9.17) is 12.2 Å². The Morgan fingerprint density at radius 2 is 1.76 bits per heavy atom. The Hall–Kier alpha value is -4.56. The van der Waals surface area contributed by atoms with Crippen LogP contribution in [0.1, 0.15) is 41.1 Å². The first-order valence-electron chi connectivity index (χ1n) is 13.6. The van der Waals surface area contributed by atoms with Gasteiger partial charge in [-0.25, -0.2) is 4.39 Å². The molecule has 0 radical (unpaired) electrons. The summed E-state index contributed by atoms with van der Waals surface area (Å²) in [6.07, 6.45) is 2.00. The molecule has 6 rings (SSSR count). The van der Waals surface area contributed by atoms with Crippen LogP contribution in [-0.4, -0.2) is 32.0 Å². The maximum atomic E-state index is 13.3. The van der Waals surface area contributed by atoms with E-state index in [9.17, 15) is 9.18 Å². The van der Waals surface area contributed by atoms with Crippen LogP contribution in [0.3, 0.4) is 0 Å². The van der Waals surface area contributed by atoms with Crippen molar-refractivity contribution >= 4 is 39.7 Å². The molecular weight excluding hydrogens is 533 g/mol. The summed E-state index contributed by atoms with van der Waals surface area (Å²) in [7, 11) is 0. The van der Waals surface area contributed by atoms with E-state index in [2.05, 4.69) is 87.5 Å². The Bertz CT molecular complexity index is 1730. The maximum absolute atomic E-state index is 13.3. The third-order valence-electron chi connectivity index (χ3n) is 7.70. The summed E-state index contributed by atoms with van der Waals surface area (Å²) >= 11 is 5.84. The van der Waals surface area contributed by atoms with Gasteiger partial charge in [-0.1, -0.05) is 42.5 Å². The second-order valence-electron chi connectivity index (χ2n) is 10.3. The molecule has 2 atom stereocenters. The zero-order valence-corrected chi connectivity index (χ0v) is 23.7. The van der Waals surface area contributed by atoms with Crippen molar-refractivity contribution in [2.24, 2.45) is 0 Å². The van der Waals surface area contributed by atoms with Gasteiger partial charge in [0.25, 0.3) is 0 Å². The number of anilines is 1. The lowest BCUT2D eigenvalue weighted by atomic mass is 9.96. The highest BCUT2D eigenvalue weighted by Gasteiger charge is 2.41. The fourth-order valence-electron chi connectivity index (χ4n) is 5.82. The van der Waals surface area contributed by atoms with Gasteiger partial charge < -0.3 is 20.1 Å². The molecule has 3 heterocycles. The third-order valence-corrected chi connectivity index (χ3v) is 8.05. The SMILES string of the molecule is Cc1cc([C@@H]2[C@H](c3ccccn3)NC(=S)N2CCC(=O)Nc2ccc(F)cc2)c(C)n1-c1cccc2ccccc12. The normalized spacial score (nSPS) is 16.7.